The van der Waals surface area contributed by atoms with Gasteiger partial charge in [-0.2, -0.15) is 0 Å². The summed E-state index contributed by atoms with van der Waals surface area (Å²) in [4.78, 5) is 10.2. The van der Waals surface area contributed by atoms with E-state index in [9.17, 15) is 4.79 Å². The van der Waals surface area contributed by atoms with Gasteiger partial charge in [-0.1, -0.05) is 6.08 Å². The standard InChI is InChI=1S/C7H7ClO2/c8-7(9)10-6-4-2-1-3-5-6/h2,4-5H,1,3H2. The van der Waals surface area contributed by atoms with Crippen LogP contribution >= 0.6 is 11.6 Å². The molecule has 0 aliphatic heterocycles. The van der Waals surface area contributed by atoms with E-state index in [1.807, 2.05) is 12.2 Å². The highest BCUT2D eigenvalue weighted by Gasteiger charge is 2.01. The van der Waals surface area contributed by atoms with E-state index < -0.39 is 5.43 Å². The Labute approximate surface area is 64.1 Å². The third-order valence-electron chi connectivity index (χ3n) is 1.16. The first-order chi connectivity index (χ1) is 4.79. The van der Waals surface area contributed by atoms with Crippen LogP contribution < -0.4 is 0 Å². The fraction of sp³-hybridized carbons (Fsp3) is 0.286. The van der Waals surface area contributed by atoms with Crippen molar-refractivity contribution in [3.63, 3.8) is 0 Å². The maximum Gasteiger partial charge on any atom is 0.409 e. The summed E-state index contributed by atoms with van der Waals surface area (Å²) in [7, 11) is 0. The highest BCUT2D eigenvalue weighted by Crippen LogP contribution is 2.11. The first-order valence-electron chi connectivity index (χ1n) is 3.03. The Balaban J connectivity index is 2.48. The predicted molar refractivity (Wildman–Crippen MR) is 38.8 cm³/mol. The second-order valence-corrected chi connectivity index (χ2v) is 2.23. The van der Waals surface area contributed by atoms with Crippen LogP contribution in [0.1, 0.15) is 12.8 Å². The molecule has 10 heavy (non-hydrogen) atoms. The topological polar surface area (TPSA) is 26.3 Å². The van der Waals surface area contributed by atoms with Crippen molar-refractivity contribution in [2.24, 2.45) is 0 Å². The molecule has 0 saturated carbocycles. The Bertz CT molecular complexity index is 194. The molecule has 0 aromatic rings. The van der Waals surface area contributed by atoms with Gasteiger partial charge in [-0.25, -0.2) is 4.79 Å². The molecule has 2 nitrogen and oxygen atoms in total. The summed E-state index contributed by atoms with van der Waals surface area (Å²) < 4.78 is 4.59. The van der Waals surface area contributed by atoms with Crippen LogP contribution in [0.3, 0.4) is 0 Å². The number of hydrogen-bond donors (Lipinski definition) is 0. The quantitative estimate of drug-likeness (QED) is 0.549. The molecule has 0 bridgehead atoms. The van der Waals surface area contributed by atoms with Gasteiger partial charge in [0.15, 0.2) is 0 Å². The number of hydrogen-bond acceptors (Lipinski definition) is 2. The van der Waals surface area contributed by atoms with Gasteiger partial charge in [-0.3, -0.25) is 0 Å². The molecule has 0 aromatic carbocycles. The van der Waals surface area contributed by atoms with Crippen LogP contribution in [0.15, 0.2) is 24.0 Å². The normalized spacial score (nSPS) is 16.3. The molecule has 0 saturated heterocycles. The molecule has 0 aromatic heterocycles. The van der Waals surface area contributed by atoms with Crippen LogP contribution in [-0.2, 0) is 4.74 Å². The number of ether oxygens (including phenoxy) is 1. The van der Waals surface area contributed by atoms with Crippen molar-refractivity contribution in [2.75, 3.05) is 0 Å². The van der Waals surface area contributed by atoms with Crippen LogP contribution in [0.4, 0.5) is 4.79 Å². The molecule has 54 valence electrons. The van der Waals surface area contributed by atoms with Gasteiger partial charge in [0.2, 0.25) is 0 Å². The first kappa shape index (κ1) is 7.35. The summed E-state index contributed by atoms with van der Waals surface area (Å²) >= 11 is 4.98. The number of carbonyl (C=O) groups excluding carboxylic acids is 1. The van der Waals surface area contributed by atoms with Crippen molar-refractivity contribution < 1.29 is 9.53 Å². The summed E-state index contributed by atoms with van der Waals surface area (Å²) in [6.07, 6.45) is 7.43. The molecule has 0 spiro atoms. The Morgan fingerprint density at radius 3 is 2.90 bits per heavy atom. The molecule has 0 heterocycles. The van der Waals surface area contributed by atoms with Crippen molar-refractivity contribution in [1.82, 2.24) is 0 Å². The zero-order valence-electron chi connectivity index (χ0n) is 5.34. The minimum absolute atomic E-state index is 0.547. The largest absolute Gasteiger partial charge is 0.415 e. The maximum atomic E-state index is 10.2. The second-order valence-electron chi connectivity index (χ2n) is 1.93. The van der Waals surface area contributed by atoms with Gasteiger partial charge in [0.1, 0.15) is 5.76 Å². The van der Waals surface area contributed by atoms with Crippen molar-refractivity contribution in [3.8, 4) is 0 Å². The fourth-order valence-electron chi connectivity index (χ4n) is 0.758. The lowest BCUT2D eigenvalue weighted by Gasteiger charge is -2.03. The first-order valence-corrected chi connectivity index (χ1v) is 3.41. The van der Waals surface area contributed by atoms with Crippen LogP contribution in [-0.4, -0.2) is 5.43 Å². The summed E-state index contributed by atoms with van der Waals surface area (Å²) in [5.41, 5.74) is -0.780. The molecule has 1 rings (SSSR count). The lowest BCUT2D eigenvalue weighted by Crippen LogP contribution is -1.93. The molecule has 1 aliphatic carbocycles. The average Bonchev–Trinajstić information content (AvgIpc) is 1.88. The van der Waals surface area contributed by atoms with Crippen molar-refractivity contribution in [2.45, 2.75) is 12.8 Å². The smallest absolute Gasteiger partial charge is 0.409 e. The van der Waals surface area contributed by atoms with Gasteiger partial charge < -0.3 is 4.74 Å². The molecular weight excluding hydrogens is 152 g/mol. The fourth-order valence-corrected chi connectivity index (χ4v) is 0.847. The molecule has 0 fully saturated rings. The van der Waals surface area contributed by atoms with E-state index in [1.54, 1.807) is 6.08 Å². The van der Waals surface area contributed by atoms with Crippen molar-refractivity contribution >= 4 is 17.0 Å². The summed E-state index contributed by atoms with van der Waals surface area (Å²) in [5, 5.41) is 0. The minimum Gasteiger partial charge on any atom is -0.415 e. The minimum atomic E-state index is -0.780. The summed E-state index contributed by atoms with van der Waals surface area (Å²) in [5.74, 6) is 0.547. The van der Waals surface area contributed by atoms with E-state index >= 15 is 0 Å². The Kier molecular flexibility index (Phi) is 2.51. The van der Waals surface area contributed by atoms with E-state index in [-0.39, 0.29) is 0 Å². The molecule has 0 amide bonds. The van der Waals surface area contributed by atoms with E-state index in [2.05, 4.69) is 4.74 Å². The number of rotatable bonds is 1. The highest BCUT2D eigenvalue weighted by atomic mass is 35.5. The Hall–Kier alpha value is -0.760. The van der Waals surface area contributed by atoms with E-state index in [0.29, 0.717) is 5.76 Å². The Morgan fingerprint density at radius 1 is 1.60 bits per heavy atom. The zero-order chi connectivity index (χ0) is 7.40. The molecule has 0 N–H and O–H groups in total. The molecule has 1 aliphatic rings. The lowest BCUT2D eigenvalue weighted by atomic mass is 10.2. The van der Waals surface area contributed by atoms with E-state index in [1.165, 1.54) is 0 Å². The van der Waals surface area contributed by atoms with Crippen LogP contribution in [0, 0.1) is 0 Å². The van der Waals surface area contributed by atoms with Gasteiger partial charge >= 0.3 is 5.43 Å². The van der Waals surface area contributed by atoms with Crippen LogP contribution in [0.2, 0.25) is 0 Å². The highest BCUT2D eigenvalue weighted by molar-refractivity contribution is 6.61. The predicted octanol–water partition coefficient (Wildman–Crippen LogP) is 2.60. The van der Waals surface area contributed by atoms with E-state index in [4.69, 9.17) is 11.6 Å². The average molecular weight is 159 g/mol. The lowest BCUT2D eigenvalue weighted by molar-refractivity contribution is 0.205. The molecule has 0 atom stereocenters. The van der Waals surface area contributed by atoms with Gasteiger partial charge in [-0.05, 0) is 25.0 Å². The molecule has 3 heteroatoms. The third-order valence-corrected chi connectivity index (χ3v) is 1.24. The summed E-state index contributed by atoms with van der Waals surface area (Å²) in [6.45, 7) is 0. The number of halogens is 1. The number of allylic oxidation sites excluding steroid dienone is 3. The zero-order valence-corrected chi connectivity index (χ0v) is 6.10. The van der Waals surface area contributed by atoms with Crippen molar-refractivity contribution in [3.05, 3.63) is 24.0 Å². The second kappa shape index (κ2) is 3.42. The molecule has 0 unspecified atom stereocenters. The SMILES string of the molecule is O=C(Cl)OC1=CCCC=C1. The van der Waals surface area contributed by atoms with Gasteiger partial charge in [0.05, 0.1) is 0 Å². The monoisotopic (exact) mass is 158 g/mol. The van der Waals surface area contributed by atoms with Gasteiger partial charge in [0.25, 0.3) is 0 Å². The van der Waals surface area contributed by atoms with Crippen LogP contribution in [0.5, 0.6) is 0 Å². The third kappa shape index (κ3) is 2.23. The maximum absolute atomic E-state index is 10.2. The Morgan fingerprint density at radius 2 is 2.40 bits per heavy atom. The van der Waals surface area contributed by atoms with Crippen molar-refractivity contribution in [1.29, 1.82) is 0 Å². The van der Waals surface area contributed by atoms with Gasteiger partial charge in [-0.15, -0.1) is 0 Å². The van der Waals surface area contributed by atoms with E-state index in [0.717, 1.165) is 12.8 Å². The summed E-state index contributed by atoms with van der Waals surface area (Å²) in [6, 6.07) is 0. The number of carbonyl (C=O) groups is 1. The van der Waals surface area contributed by atoms with Crippen LogP contribution in [0.25, 0.3) is 0 Å². The molecular formula is C7H7ClO2. The molecule has 0 radical (unpaired) electrons. The van der Waals surface area contributed by atoms with Gasteiger partial charge in [0, 0.05) is 11.6 Å².